The molecule has 0 bridgehead atoms. The summed E-state index contributed by atoms with van der Waals surface area (Å²) in [6, 6.07) is 0.421. The van der Waals surface area contributed by atoms with Gasteiger partial charge in [-0.25, -0.2) is 0 Å². The van der Waals surface area contributed by atoms with Gasteiger partial charge in [0, 0.05) is 67.5 Å². The molecule has 0 unspecified atom stereocenters. The van der Waals surface area contributed by atoms with Crippen molar-refractivity contribution < 1.29 is 53.1 Å². The highest BCUT2D eigenvalue weighted by molar-refractivity contribution is 5.80. The van der Waals surface area contributed by atoms with Crippen LogP contribution in [0.1, 0.15) is 41.5 Å². The fourth-order valence-corrected chi connectivity index (χ4v) is 2.49. The zero-order chi connectivity index (χ0) is 44.4. The molecule has 5 N–H and O–H groups in total. The van der Waals surface area contributed by atoms with Gasteiger partial charge in [0.15, 0.2) is 0 Å². The van der Waals surface area contributed by atoms with Crippen molar-refractivity contribution in [3.05, 3.63) is 0 Å². The zero-order valence-corrected chi connectivity index (χ0v) is 35.2. The third-order valence-corrected chi connectivity index (χ3v) is 5.95. The van der Waals surface area contributed by atoms with Crippen molar-refractivity contribution in [2.24, 2.45) is 0 Å². The molecule has 21 heteroatoms. The van der Waals surface area contributed by atoms with E-state index in [0.717, 1.165) is 12.8 Å². The van der Waals surface area contributed by atoms with Crippen LogP contribution >= 0.6 is 0 Å². The van der Waals surface area contributed by atoms with Crippen molar-refractivity contribution in [1.82, 2.24) is 50.7 Å². The number of likely N-dealkylation sites (N-methyl/N-ethyl adjacent to an activating group) is 7. The van der Waals surface area contributed by atoms with Crippen molar-refractivity contribution in [1.29, 1.82) is 0 Å². The average Bonchev–Trinajstić information content (AvgIpc) is 3.14. The van der Waals surface area contributed by atoms with E-state index in [9.17, 15) is 47.9 Å². The van der Waals surface area contributed by atoms with Crippen molar-refractivity contribution in [2.45, 2.75) is 47.6 Å². The normalized spacial score (nSPS) is 8.93. The monoisotopic (exact) mass is 795 g/mol. The van der Waals surface area contributed by atoms with Crippen molar-refractivity contribution >= 4 is 61.5 Å². The van der Waals surface area contributed by atoms with Crippen LogP contribution in [0.5, 0.6) is 0 Å². The number of aliphatic carboxylic acids is 1. The van der Waals surface area contributed by atoms with Crippen LogP contribution in [0.3, 0.4) is 0 Å². The Labute approximate surface area is 327 Å². The molecule has 55 heavy (non-hydrogen) atoms. The maximum Gasteiger partial charge on any atom is 0.322 e. The second-order valence-corrected chi connectivity index (χ2v) is 11.6. The van der Waals surface area contributed by atoms with E-state index in [1.165, 1.54) is 14.7 Å². The second-order valence-electron chi connectivity index (χ2n) is 11.6. The molecule has 0 aliphatic carbocycles. The topological polar surface area (TPSA) is 258 Å². The summed E-state index contributed by atoms with van der Waals surface area (Å²) >= 11 is 0. The SMILES string of the molecule is CC(C)NCC=O.CCN(C)C(=O)CN(C)C.CCN(C)C(=O)CN(C)C=O.CCN(C)C(=O)CNC=O.CCNC(=O)CN(C)C=O.O=CNCC(=O)O. The van der Waals surface area contributed by atoms with E-state index in [1.54, 1.807) is 38.0 Å². The highest BCUT2D eigenvalue weighted by atomic mass is 16.4. The first-order valence-electron chi connectivity index (χ1n) is 17.3. The standard InChI is InChI=1S/C7H14N2O2.C7H16N2O.2C6H12N2O2.C5H11NO.C3H5NO3/c1-4-9(3)7(11)5-8(2)6-10;1-5-9(4)7(10)6-8(2)3;1-3-8(2)6(10)4-7-5-9;1-3-7-6(10)4-8(2)5-9;1-5(2)6-3-4-7;5-2-4-1-3(6)7/h6H,4-5H2,1-3H3;5-6H2,1-4H3;5H,3-4H2,1-2H3,(H,7,9);5H,3-4H2,1-2H3,(H,7,10);4-6H,3H2,1-2H3;2H,1H2,(H,4,5)(H,6,7). The van der Waals surface area contributed by atoms with E-state index < -0.39 is 5.97 Å². The predicted molar refractivity (Wildman–Crippen MR) is 210 cm³/mol. The lowest BCUT2D eigenvalue weighted by atomic mass is 10.4. The molecule has 0 radical (unpaired) electrons. The number of hydrogen-bond acceptors (Lipinski definition) is 12. The first-order valence-corrected chi connectivity index (χ1v) is 17.3. The number of carboxylic acids is 1. The summed E-state index contributed by atoms with van der Waals surface area (Å²) < 4.78 is 0. The molecule has 0 spiro atoms. The summed E-state index contributed by atoms with van der Waals surface area (Å²) in [5.41, 5.74) is 0. The van der Waals surface area contributed by atoms with Crippen LogP contribution in [-0.2, 0) is 47.9 Å². The maximum absolute atomic E-state index is 11.1. The van der Waals surface area contributed by atoms with Crippen molar-refractivity contribution in [3.63, 3.8) is 0 Å². The number of carboxylic acid groups (broad SMARTS) is 1. The molecule has 0 aromatic carbocycles. The molecule has 0 aromatic heterocycles. The van der Waals surface area contributed by atoms with Crippen LogP contribution in [0, 0.1) is 0 Å². The molecule has 0 rings (SSSR count). The Hall–Kier alpha value is -5.18. The van der Waals surface area contributed by atoms with Gasteiger partial charge >= 0.3 is 5.97 Å². The predicted octanol–water partition coefficient (Wildman–Crippen LogP) is -3.00. The zero-order valence-electron chi connectivity index (χ0n) is 35.2. The van der Waals surface area contributed by atoms with Crippen LogP contribution in [0.25, 0.3) is 0 Å². The van der Waals surface area contributed by atoms with E-state index in [2.05, 4.69) is 16.0 Å². The molecule has 0 saturated heterocycles. The number of carbonyl (C=O) groups excluding carboxylic acids is 9. The summed E-state index contributed by atoms with van der Waals surface area (Å²) in [5.74, 6) is -1.10. The minimum Gasteiger partial charge on any atom is -0.480 e. The second kappa shape index (κ2) is 45.0. The molecule has 0 aliphatic heterocycles. The highest BCUT2D eigenvalue weighted by Gasteiger charge is 2.08. The fourth-order valence-electron chi connectivity index (χ4n) is 2.49. The first-order chi connectivity index (χ1) is 25.6. The Morgan fingerprint density at radius 1 is 0.600 bits per heavy atom. The van der Waals surface area contributed by atoms with E-state index in [-0.39, 0.29) is 49.8 Å². The molecule has 0 atom stereocenters. The van der Waals surface area contributed by atoms with E-state index >= 15 is 0 Å². The highest BCUT2D eigenvalue weighted by Crippen LogP contribution is 1.86. The quantitative estimate of drug-likeness (QED) is 0.0728. The number of aldehydes is 1. The Balaban J connectivity index is -0.000000132. The van der Waals surface area contributed by atoms with Gasteiger partial charge in [0.2, 0.25) is 49.3 Å². The van der Waals surface area contributed by atoms with Crippen LogP contribution in [0.15, 0.2) is 0 Å². The number of nitrogens with zero attached hydrogens (tertiary/aromatic N) is 6. The summed E-state index contributed by atoms with van der Waals surface area (Å²) in [6.07, 6.45) is 2.98. The van der Waals surface area contributed by atoms with E-state index in [1.807, 2.05) is 72.9 Å². The largest absolute Gasteiger partial charge is 0.480 e. The molecule has 8 amide bonds. The molecule has 322 valence electrons. The molecule has 0 aromatic rings. The lowest BCUT2D eigenvalue weighted by Gasteiger charge is -2.17. The number of amides is 8. The van der Waals surface area contributed by atoms with Gasteiger partial charge in [0.25, 0.3) is 0 Å². The van der Waals surface area contributed by atoms with Gasteiger partial charge in [-0.15, -0.1) is 0 Å². The Bertz CT molecular complexity index is 1050. The van der Waals surface area contributed by atoms with Crippen molar-refractivity contribution in [2.75, 3.05) is 115 Å². The molecule has 0 saturated carbocycles. The van der Waals surface area contributed by atoms with Crippen LogP contribution in [0.2, 0.25) is 0 Å². The number of carbonyl (C=O) groups is 10. The number of nitrogens with one attached hydrogen (secondary N) is 4. The lowest BCUT2D eigenvalue weighted by molar-refractivity contribution is -0.137. The minimum atomic E-state index is -1.04. The summed E-state index contributed by atoms with van der Waals surface area (Å²) in [7, 11) is 12.1. The molecule has 0 heterocycles. The third kappa shape index (κ3) is 55.7. The molecular weight excluding hydrogens is 724 g/mol. The van der Waals surface area contributed by atoms with Gasteiger partial charge in [-0.2, -0.15) is 0 Å². The van der Waals surface area contributed by atoms with Crippen molar-refractivity contribution in [3.8, 4) is 0 Å². The number of hydrogen-bond donors (Lipinski definition) is 5. The van der Waals surface area contributed by atoms with Gasteiger partial charge in [-0.05, 0) is 41.8 Å². The number of rotatable bonds is 21. The van der Waals surface area contributed by atoms with Gasteiger partial charge in [-0.1, -0.05) is 13.8 Å². The van der Waals surface area contributed by atoms with Gasteiger partial charge in [0.05, 0.1) is 32.7 Å². The van der Waals surface area contributed by atoms with E-state index in [0.29, 0.717) is 64.4 Å². The maximum atomic E-state index is 11.1. The lowest BCUT2D eigenvalue weighted by Crippen LogP contribution is -2.35. The van der Waals surface area contributed by atoms with E-state index in [4.69, 9.17) is 5.11 Å². The molecule has 0 fully saturated rings. The third-order valence-electron chi connectivity index (χ3n) is 5.95. The average molecular weight is 795 g/mol. The summed E-state index contributed by atoms with van der Waals surface area (Å²) in [5, 5.41) is 17.6. The Morgan fingerprint density at radius 3 is 1.29 bits per heavy atom. The van der Waals surface area contributed by atoms with Gasteiger partial charge < -0.3 is 60.6 Å². The molecule has 0 aliphatic rings. The summed E-state index contributed by atoms with van der Waals surface area (Å²) in [6.45, 7) is 15.4. The van der Waals surface area contributed by atoms with Gasteiger partial charge in [0.1, 0.15) is 12.8 Å². The van der Waals surface area contributed by atoms with Crippen LogP contribution in [-0.4, -0.2) is 217 Å². The minimum absolute atomic E-state index is 0.0397. The smallest absolute Gasteiger partial charge is 0.322 e. The Morgan fingerprint density at radius 2 is 1.00 bits per heavy atom. The van der Waals surface area contributed by atoms with Crippen LogP contribution < -0.4 is 21.3 Å². The molecule has 21 nitrogen and oxygen atoms in total. The summed E-state index contributed by atoms with van der Waals surface area (Å²) in [4.78, 5) is 111. The Kier molecular flexibility index (Phi) is 50.6. The first kappa shape index (κ1) is 61.8. The molecular formula is C34H70N10O11. The fraction of sp³-hybridized carbons (Fsp3) is 0.706. The van der Waals surface area contributed by atoms with Crippen LogP contribution in [0.4, 0.5) is 0 Å². The van der Waals surface area contributed by atoms with Gasteiger partial charge in [-0.3, -0.25) is 43.2 Å².